The van der Waals surface area contributed by atoms with Crippen molar-refractivity contribution in [2.24, 2.45) is 5.92 Å². The molecule has 1 aliphatic carbocycles. The molecule has 0 spiro atoms. The lowest BCUT2D eigenvalue weighted by Crippen LogP contribution is -2.20. The van der Waals surface area contributed by atoms with Gasteiger partial charge in [-0.15, -0.1) is 0 Å². The Hall–Kier alpha value is -2.65. The van der Waals surface area contributed by atoms with Gasteiger partial charge in [0, 0.05) is 5.92 Å². The number of hydrogen-bond acceptors (Lipinski definition) is 6. The predicted octanol–water partition coefficient (Wildman–Crippen LogP) is 3.19. The molecule has 2 unspecified atom stereocenters. The number of nitriles is 1. The van der Waals surface area contributed by atoms with Crippen LogP contribution in [0.25, 0.3) is 11.4 Å². The van der Waals surface area contributed by atoms with Gasteiger partial charge in [0.25, 0.3) is 0 Å². The Balaban J connectivity index is 2.05. The van der Waals surface area contributed by atoms with Crippen molar-refractivity contribution in [3.8, 4) is 23.2 Å². The molecule has 2 atom stereocenters. The Labute approximate surface area is 154 Å². The highest BCUT2D eigenvalue weighted by molar-refractivity contribution is 5.66. The molecular weight excluding hydrogens is 326 g/mol. The lowest BCUT2D eigenvalue weighted by molar-refractivity contribution is 0.415. The average Bonchev–Trinajstić information content (AvgIpc) is 2.87. The van der Waals surface area contributed by atoms with Gasteiger partial charge in [0.15, 0.2) is 5.82 Å². The van der Waals surface area contributed by atoms with E-state index in [1.807, 2.05) is 13.1 Å². The Kier molecular flexibility index (Phi) is 5.69. The Bertz CT molecular complexity index is 814. The maximum atomic E-state index is 10.1. The molecule has 2 aromatic rings. The summed E-state index contributed by atoms with van der Waals surface area (Å²) in [5, 5.41) is 23.0. The van der Waals surface area contributed by atoms with E-state index in [1.165, 1.54) is 12.8 Å². The maximum absolute atomic E-state index is 10.1. The first kappa shape index (κ1) is 18.2. The Morgan fingerprint density at radius 2 is 2.04 bits per heavy atom. The first-order valence-corrected chi connectivity index (χ1v) is 9.14. The molecule has 3 rings (SSSR count). The lowest BCUT2D eigenvalue weighted by Gasteiger charge is -2.21. The molecule has 0 amide bonds. The van der Waals surface area contributed by atoms with E-state index in [1.54, 1.807) is 18.2 Å². The second-order valence-corrected chi connectivity index (χ2v) is 6.96. The minimum atomic E-state index is 0.108. The number of nitrogens with one attached hydrogen (secondary N) is 1. The molecular formula is C20H25N5O. The molecule has 1 fully saturated rings. The summed E-state index contributed by atoms with van der Waals surface area (Å²) in [5.41, 5.74) is 7.72. The highest BCUT2D eigenvalue weighted by Crippen LogP contribution is 2.37. The van der Waals surface area contributed by atoms with Gasteiger partial charge in [-0.1, -0.05) is 25.0 Å². The summed E-state index contributed by atoms with van der Waals surface area (Å²) in [7, 11) is 1.97. The monoisotopic (exact) mass is 351 g/mol. The molecule has 4 N–H and O–H groups in total. The van der Waals surface area contributed by atoms with Gasteiger partial charge < -0.3 is 16.2 Å². The molecule has 136 valence electrons. The number of para-hydroxylation sites is 1. The zero-order chi connectivity index (χ0) is 18.5. The van der Waals surface area contributed by atoms with E-state index >= 15 is 0 Å². The SMILES string of the molecule is CNCC1CCCCC(c2nc(-c3ccccc3O)nc(N)c2C#N)C1. The number of phenolic OH excluding ortho intramolecular Hbond substituents is 1. The fraction of sp³-hybridized carbons (Fsp3) is 0.450. The number of anilines is 1. The van der Waals surface area contributed by atoms with Gasteiger partial charge >= 0.3 is 0 Å². The van der Waals surface area contributed by atoms with Gasteiger partial charge in [0.05, 0.1) is 11.3 Å². The van der Waals surface area contributed by atoms with Crippen molar-refractivity contribution < 1.29 is 5.11 Å². The van der Waals surface area contributed by atoms with Crippen molar-refractivity contribution in [2.75, 3.05) is 19.3 Å². The Morgan fingerprint density at radius 3 is 2.77 bits per heavy atom. The third-order valence-electron chi connectivity index (χ3n) is 5.13. The third kappa shape index (κ3) is 3.78. The molecule has 6 heteroatoms. The fourth-order valence-electron chi connectivity index (χ4n) is 3.87. The first-order chi connectivity index (χ1) is 12.6. The second kappa shape index (κ2) is 8.15. The summed E-state index contributed by atoms with van der Waals surface area (Å²) in [6.45, 7) is 0.964. The van der Waals surface area contributed by atoms with Gasteiger partial charge in [0.1, 0.15) is 23.2 Å². The number of nitrogen functional groups attached to an aromatic ring is 1. The third-order valence-corrected chi connectivity index (χ3v) is 5.13. The number of benzene rings is 1. The lowest BCUT2D eigenvalue weighted by atomic mass is 9.88. The summed E-state index contributed by atoms with van der Waals surface area (Å²) < 4.78 is 0. The van der Waals surface area contributed by atoms with Crippen LogP contribution in [0.2, 0.25) is 0 Å². The molecule has 0 aliphatic heterocycles. The largest absolute Gasteiger partial charge is 0.507 e. The number of aromatic nitrogens is 2. The van der Waals surface area contributed by atoms with Crippen molar-refractivity contribution in [1.82, 2.24) is 15.3 Å². The van der Waals surface area contributed by atoms with E-state index in [0.29, 0.717) is 22.9 Å². The Morgan fingerprint density at radius 1 is 1.27 bits per heavy atom. The number of nitrogens with two attached hydrogens (primary N) is 1. The van der Waals surface area contributed by atoms with Gasteiger partial charge in [0.2, 0.25) is 0 Å². The summed E-state index contributed by atoms with van der Waals surface area (Å²) in [6.07, 6.45) is 5.47. The molecule has 1 aromatic heterocycles. The highest BCUT2D eigenvalue weighted by Gasteiger charge is 2.27. The minimum Gasteiger partial charge on any atom is -0.507 e. The molecule has 0 saturated heterocycles. The topological polar surface area (TPSA) is 108 Å². The highest BCUT2D eigenvalue weighted by atomic mass is 16.3. The van der Waals surface area contributed by atoms with E-state index in [9.17, 15) is 10.4 Å². The molecule has 1 heterocycles. The van der Waals surface area contributed by atoms with E-state index in [4.69, 9.17) is 10.7 Å². The molecule has 6 nitrogen and oxygen atoms in total. The first-order valence-electron chi connectivity index (χ1n) is 9.14. The molecule has 1 aromatic carbocycles. The van der Waals surface area contributed by atoms with E-state index in [-0.39, 0.29) is 17.5 Å². The van der Waals surface area contributed by atoms with Crippen LogP contribution in [-0.2, 0) is 0 Å². The quantitative estimate of drug-likeness (QED) is 0.730. The molecule has 1 saturated carbocycles. The van der Waals surface area contributed by atoms with Gasteiger partial charge in [-0.3, -0.25) is 0 Å². The van der Waals surface area contributed by atoms with Crippen molar-refractivity contribution in [1.29, 1.82) is 5.26 Å². The molecule has 0 radical (unpaired) electrons. The van der Waals surface area contributed by atoms with Gasteiger partial charge in [-0.2, -0.15) is 5.26 Å². The number of rotatable bonds is 4. The summed E-state index contributed by atoms with van der Waals surface area (Å²) in [6, 6.07) is 9.12. The maximum Gasteiger partial charge on any atom is 0.165 e. The predicted molar refractivity (Wildman–Crippen MR) is 102 cm³/mol. The summed E-state index contributed by atoms with van der Waals surface area (Å²) >= 11 is 0. The normalized spacial score (nSPS) is 20.3. The number of phenols is 1. The number of aromatic hydroxyl groups is 1. The second-order valence-electron chi connectivity index (χ2n) is 6.96. The molecule has 26 heavy (non-hydrogen) atoms. The van der Waals surface area contributed by atoms with Gasteiger partial charge in [-0.25, -0.2) is 9.97 Å². The molecule has 0 bridgehead atoms. The van der Waals surface area contributed by atoms with Crippen LogP contribution in [0.3, 0.4) is 0 Å². The van der Waals surface area contributed by atoms with Crippen molar-refractivity contribution in [3.63, 3.8) is 0 Å². The van der Waals surface area contributed by atoms with Crippen LogP contribution >= 0.6 is 0 Å². The summed E-state index contributed by atoms with van der Waals surface area (Å²) in [5.74, 6) is 1.41. The zero-order valence-corrected chi connectivity index (χ0v) is 15.1. The smallest absolute Gasteiger partial charge is 0.165 e. The van der Waals surface area contributed by atoms with Crippen LogP contribution in [0.15, 0.2) is 24.3 Å². The average molecular weight is 351 g/mol. The number of nitrogens with zero attached hydrogens (tertiary/aromatic N) is 3. The summed E-state index contributed by atoms with van der Waals surface area (Å²) in [4.78, 5) is 8.98. The van der Waals surface area contributed by atoms with Crippen molar-refractivity contribution in [3.05, 3.63) is 35.5 Å². The standard InChI is InChI=1S/C20H25N5O/c1-23-12-13-6-2-3-7-14(10-13)18-16(11-21)19(22)25-20(24-18)15-8-4-5-9-17(15)26/h4-5,8-9,13-14,23,26H,2-3,6-7,10,12H2,1H3,(H2,22,24,25). The van der Waals surface area contributed by atoms with Crippen LogP contribution in [0, 0.1) is 17.2 Å². The van der Waals surface area contributed by atoms with E-state index < -0.39 is 0 Å². The fourth-order valence-corrected chi connectivity index (χ4v) is 3.87. The number of hydrogen-bond donors (Lipinski definition) is 3. The van der Waals surface area contributed by atoms with Crippen LogP contribution in [0.1, 0.15) is 49.3 Å². The minimum absolute atomic E-state index is 0.108. The van der Waals surface area contributed by atoms with Crippen molar-refractivity contribution in [2.45, 2.75) is 38.0 Å². The van der Waals surface area contributed by atoms with Crippen LogP contribution < -0.4 is 11.1 Å². The van der Waals surface area contributed by atoms with E-state index in [2.05, 4.69) is 16.4 Å². The zero-order valence-electron chi connectivity index (χ0n) is 15.1. The van der Waals surface area contributed by atoms with Gasteiger partial charge in [-0.05, 0) is 50.9 Å². The van der Waals surface area contributed by atoms with Crippen LogP contribution in [0.4, 0.5) is 5.82 Å². The van der Waals surface area contributed by atoms with Crippen LogP contribution in [-0.4, -0.2) is 28.7 Å². The van der Waals surface area contributed by atoms with Crippen LogP contribution in [0.5, 0.6) is 5.75 Å². The van der Waals surface area contributed by atoms with E-state index in [0.717, 1.165) is 31.5 Å². The molecule has 1 aliphatic rings. The van der Waals surface area contributed by atoms with Crippen molar-refractivity contribution >= 4 is 5.82 Å².